The van der Waals surface area contributed by atoms with Crippen molar-refractivity contribution in [3.8, 4) is 11.5 Å². The minimum absolute atomic E-state index is 0.000112. The van der Waals surface area contributed by atoms with Crippen LogP contribution in [0.2, 0.25) is 0 Å². The largest absolute Gasteiger partial charge is 0.510 e. The van der Waals surface area contributed by atoms with E-state index in [-0.39, 0.29) is 42.3 Å². The number of fused-ring (bicyclic) bond motifs is 3. The Morgan fingerprint density at radius 3 is 2.57 bits per heavy atom. The number of hydrogen-bond acceptors (Lipinski definition) is 10. The summed E-state index contributed by atoms with van der Waals surface area (Å²) in [7, 11) is 1.52. The molecular weight excluding hydrogens is 566 g/mol. The number of hydrogen-bond donors (Lipinski definition) is 6. The molecular formula is C33H37N3O8. The molecule has 2 aromatic carbocycles. The number of Topliss-reactive ketones (excluding diaryl/α,β-unsaturated/α-hetero) is 2. The molecule has 0 saturated carbocycles. The lowest BCUT2D eigenvalue weighted by atomic mass is 9.58. The van der Waals surface area contributed by atoms with Crippen molar-refractivity contribution in [2.75, 3.05) is 20.2 Å². The minimum atomic E-state index is -2.71. The van der Waals surface area contributed by atoms with Crippen molar-refractivity contribution in [2.45, 2.75) is 56.8 Å². The summed E-state index contributed by atoms with van der Waals surface area (Å²) in [5.74, 6) is -6.41. The summed E-state index contributed by atoms with van der Waals surface area (Å²) in [5.41, 5.74) is 3.77. The van der Waals surface area contributed by atoms with Gasteiger partial charge in [-0.2, -0.15) is 0 Å². The summed E-state index contributed by atoms with van der Waals surface area (Å²) in [6.07, 6.45) is 2.01. The van der Waals surface area contributed by atoms with E-state index in [0.717, 1.165) is 37.1 Å². The molecule has 5 atom stereocenters. The van der Waals surface area contributed by atoms with Crippen LogP contribution in [0.25, 0.3) is 0 Å². The molecule has 11 heteroatoms. The molecule has 0 bridgehead atoms. The van der Waals surface area contributed by atoms with Crippen molar-refractivity contribution in [1.29, 1.82) is 0 Å². The second-order valence-corrected chi connectivity index (χ2v) is 12.1. The first-order valence-corrected chi connectivity index (χ1v) is 15.0. The predicted molar refractivity (Wildman–Crippen MR) is 159 cm³/mol. The Bertz CT molecular complexity index is 1620. The smallest absolute Gasteiger partial charge is 0.255 e. The topological polar surface area (TPSA) is 183 Å². The third kappa shape index (κ3) is 4.33. The van der Waals surface area contributed by atoms with Crippen molar-refractivity contribution in [3.05, 3.63) is 81.3 Å². The SMILES string of the molecule is CCN1CCC[C@H]1c1cc(O)c2c(c1OC)C[C@H]1C[C@H]3[C@H](NCc4ccccc4)C(O)=C(C(N)=O)C(=O)[C@@]3(O)C(O)=C1C2=O. The van der Waals surface area contributed by atoms with Crippen LogP contribution in [0.3, 0.4) is 0 Å². The van der Waals surface area contributed by atoms with Crippen LogP contribution in [0.1, 0.15) is 59.3 Å². The molecule has 2 aromatic rings. The molecule has 4 aliphatic rings. The number of phenols is 1. The van der Waals surface area contributed by atoms with Gasteiger partial charge in [0.15, 0.2) is 11.4 Å². The van der Waals surface area contributed by atoms with Crippen LogP contribution in [-0.4, -0.2) is 74.6 Å². The molecule has 1 fully saturated rings. The highest BCUT2D eigenvalue weighted by Gasteiger charge is 2.63. The number of ketones is 2. The Labute approximate surface area is 254 Å². The molecule has 0 aromatic heterocycles. The standard InChI is InChI=1S/C33H37N3O8/c1-3-36-11-7-10-21(36)18-14-22(37)24-19(29(18)44-2)12-17-13-20-26(35-15-16-8-5-4-6-9-16)28(39)25(32(34)42)31(41)33(20,43)30(40)23(17)27(24)38/h4-6,8-9,14,17,20-21,26,35,37,39-40,43H,3,7,10-13,15H2,1-2H3,(H2,34,42)/t17-,20-,21-,26-,33-/m0/s1. The van der Waals surface area contributed by atoms with E-state index in [1.54, 1.807) is 0 Å². The molecule has 0 radical (unpaired) electrons. The van der Waals surface area contributed by atoms with Gasteiger partial charge >= 0.3 is 0 Å². The molecule has 44 heavy (non-hydrogen) atoms. The third-order valence-corrected chi connectivity index (χ3v) is 9.88. The molecule has 11 nitrogen and oxygen atoms in total. The van der Waals surface area contributed by atoms with E-state index in [4.69, 9.17) is 10.5 Å². The van der Waals surface area contributed by atoms with E-state index >= 15 is 0 Å². The van der Waals surface area contributed by atoms with Crippen molar-refractivity contribution in [3.63, 3.8) is 0 Å². The molecule has 1 heterocycles. The zero-order valence-electron chi connectivity index (χ0n) is 24.7. The number of aromatic hydroxyl groups is 1. The fourth-order valence-corrected chi connectivity index (χ4v) is 7.86. The predicted octanol–water partition coefficient (Wildman–Crippen LogP) is 2.51. The average molecular weight is 604 g/mol. The van der Waals surface area contributed by atoms with Gasteiger partial charge < -0.3 is 36.2 Å². The Morgan fingerprint density at radius 2 is 1.91 bits per heavy atom. The summed E-state index contributed by atoms with van der Waals surface area (Å²) in [6, 6.07) is 9.57. The molecule has 232 valence electrons. The summed E-state index contributed by atoms with van der Waals surface area (Å²) >= 11 is 0. The molecule has 1 amide bonds. The lowest BCUT2D eigenvalue weighted by Crippen LogP contribution is -2.64. The van der Waals surface area contributed by atoms with Gasteiger partial charge in [0.2, 0.25) is 5.78 Å². The Kier molecular flexibility index (Phi) is 7.51. The summed E-state index contributed by atoms with van der Waals surface area (Å²) in [4.78, 5) is 42.3. The lowest BCUT2D eigenvalue weighted by molar-refractivity contribution is -0.146. The van der Waals surface area contributed by atoms with Crippen LogP contribution >= 0.6 is 0 Å². The first-order valence-electron chi connectivity index (χ1n) is 15.0. The summed E-state index contributed by atoms with van der Waals surface area (Å²) in [6.45, 7) is 3.98. The number of methoxy groups -OCH3 is 1. The molecule has 0 unspecified atom stereocenters. The number of likely N-dealkylation sites (tertiary alicyclic amines) is 1. The number of ether oxygens (including phenoxy) is 1. The number of nitrogens with zero attached hydrogens (tertiary/aromatic N) is 1. The Morgan fingerprint density at radius 1 is 1.18 bits per heavy atom. The van der Waals surface area contributed by atoms with Crippen molar-refractivity contribution < 1.29 is 39.5 Å². The number of primary amides is 1. The fraction of sp³-hybridized carbons (Fsp3) is 0.424. The van der Waals surface area contributed by atoms with Crippen LogP contribution in [0.5, 0.6) is 11.5 Å². The molecule has 3 aliphatic carbocycles. The highest BCUT2D eigenvalue weighted by Crippen LogP contribution is 2.54. The monoisotopic (exact) mass is 603 g/mol. The van der Waals surface area contributed by atoms with Crippen LogP contribution < -0.4 is 15.8 Å². The maximum Gasteiger partial charge on any atom is 0.255 e. The van der Waals surface area contributed by atoms with Gasteiger partial charge in [-0.15, -0.1) is 0 Å². The Hall–Kier alpha value is -4.19. The van der Waals surface area contributed by atoms with E-state index in [0.29, 0.717) is 11.3 Å². The quantitative estimate of drug-likeness (QED) is 0.257. The van der Waals surface area contributed by atoms with E-state index in [1.165, 1.54) is 13.2 Å². The first-order chi connectivity index (χ1) is 21.0. The van der Waals surface area contributed by atoms with E-state index in [9.17, 15) is 34.8 Å². The van der Waals surface area contributed by atoms with Gasteiger partial charge in [-0.05, 0) is 56.3 Å². The van der Waals surface area contributed by atoms with Gasteiger partial charge in [-0.1, -0.05) is 37.3 Å². The first kappa shape index (κ1) is 29.9. The lowest BCUT2D eigenvalue weighted by Gasteiger charge is -2.49. The molecule has 6 rings (SSSR count). The van der Waals surface area contributed by atoms with Gasteiger partial charge in [0, 0.05) is 35.2 Å². The average Bonchev–Trinajstić information content (AvgIpc) is 3.48. The number of nitrogens with two attached hydrogens (primary N) is 1. The fourth-order valence-electron chi connectivity index (χ4n) is 7.86. The second kappa shape index (κ2) is 11.1. The number of carbonyl (C=O) groups excluding carboxylic acids is 3. The third-order valence-electron chi connectivity index (χ3n) is 9.88. The maximum atomic E-state index is 14.1. The van der Waals surface area contributed by atoms with E-state index in [1.807, 2.05) is 30.3 Å². The number of phenolic OH excluding ortho intramolecular Hbond substituents is 1. The zero-order valence-corrected chi connectivity index (χ0v) is 24.7. The molecule has 1 aliphatic heterocycles. The number of rotatable bonds is 7. The molecule has 0 spiro atoms. The highest BCUT2D eigenvalue weighted by atomic mass is 16.5. The number of allylic oxidation sites excluding steroid dienone is 1. The minimum Gasteiger partial charge on any atom is -0.510 e. The normalized spacial score (nSPS) is 28.5. The van der Waals surface area contributed by atoms with E-state index in [2.05, 4.69) is 17.1 Å². The van der Waals surface area contributed by atoms with E-state index < -0.39 is 58.0 Å². The van der Waals surface area contributed by atoms with Crippen LogP contribution in [-0.2, 0) is 22.6 Å². The van der Waals surface area contributed by atoms with Gasteiger partial charge in [0.05, 0.1) is 18.7 Å². The number of amides is 1. The van der Waals surface area contributed by atoms with Gasteiger partial charge in [0.25, 0.3) is 5.91 Å². The number of nitrogens with one attached hydrogen (secondary N) is 1. The highest BCUT2D eigenvalue weighted by molar-refractivity contribution is 6.24. The number of aliphatic hydroxyl groups excluding tert-OH is 2. The number of benzene rings is 2. The van der Waals surface area contributed by atoms with Gasteiger partial charge in [0.1, 0.15) is 28.6 Å². The maximum absolute atomic E-state index is 14.1. The van der Waals surface area contributed by atoms with Crippen LogP contribution in [0, 0.1) is 11.8 Å². The molecule has 1 saturated heterocycles. The van der Waals surface area contributed by atoms with Crippen molar-refractivity contribution >= 4 is 17.5 Å². The zero-order chi connectivity index (χ0) is 31.5. The van der Waals surface area contributed by atoms with Gasteiger partial charge in [-0.3, -0.25) is 19.3 Å². The van der Waals surface area contributed by atoms with Crippen LogP contribution in [0.15, 0.2) is 59.1 Å². The number of carbonyl (C=O) groups is 3. The second-order valence-electron chi connectivity index (χ2n) is 12.1. The van der Waals surface area contributed by atoms with Crippen LogP contribution in [0.4, 0.5) is 0 Å². The van der Waals surface area contributed by atoms with Crippen molar-refractivity contribution in [2.24, 2.45) is 17.6 Å². The number of aliphatic hydroxyl groups is 3. The summed E-state index contributed by atoms with van der Waals surface area (Å²) in [5, 5.41) is 49.1. The van der Waals surface area contributed by atoms with Crippen molar-refractivity contribution in [1.82, 2.24) is 10.2 Å². The molecule has 7 N–H and O–H groups in total. The summed E-state index contributed by atoms with van der Waals surface area (Å²) < 4.78 is 5.89. The van der Waals surface area contributed by atoms with Gasteiger partial charge in [-0.25, -0.2) is 0 Å². The Balaban J connectivity index is 1.47.